The number of amides is 2. The van der Waals surface area contributed by atoms with Gasteiger partial charge in [-0.25, -0.2) is 0 Å². The van der Waals surface area contributed by atoms with Gasteiger partial charge in [-0.3, -0.25) is 14.4 Å². The molecule has 1 aromatic rings. The van der Waals surface area contributed by atoms with Crippen molar-refractivity contribution in [2.45, 2.75) is 26.3 Å². The minimum absolute atomic E-state index is 0.0779. The lowest BCUT2D eigenvalue weighted by atomic mass is 10.2. The lowest BCUT2D eigenvalue weighted by Crippen LogP contribution is -2.42. The maximum atomic E-state index is 12.1. The minimum atomic E-state index is -0.459. The Balaban J connectivity index is 2.43. The van der Waals surface area contributed by atoms with Crippen molar-refractivity contribution >= 4 is 29.1 Å². The zero-order chi connectivity index (χ0) is 15.8. The molecule has 0 radical (unpaired) electrons. The van der Waals surface area contributed by atoms with Crippen LogP contribution in [0.4, 0.5) is 0 Å². The predicted octanol–water partition coefficient (Wildman–Crippen LogP) is 1.28. The molecule has 21 heavy (non-hydrogen) atoms. The van der Waals surface area contributed by atoms with E-state index in [1.807, 2.05) is 19.2 Å². The SMILES string of the molecule is COC(=O)CN(C(=O)CCNC(=O)c1ccsc1)C(C)C. The molecule has 0 saturated heterocycles. The first-order valence-electron chi connectivity index (χ1n) is 6.62. The Kier molecular flexibility index (Phi) is 6.87. The molecule has 7 heteroatoms. The molecule has 0 atom stereocenters. The van der Waals surface area contributed by atoms with Gasteiger partial charge in [0.15, 0.2) is 0 Å². The van der Waals surface area contributed by atoms with Gasteiger partial charge in [0.1, 0.15) is 6.54 Å². The molecule has 0 saturated carbocycles. The molecule has 0 aliphatic rings. The summed E-state index contributed by atoms with van der Waals surface area (Å²) in [7, 11) is 1.28. The van der Waals surface area contributed by atoms with Crippen LogP contribution in [0.2, 0.25) is 0 Å². The minimum Gasteiger partial charge on any atom is -0.468 e. The molecular weight excluding hydrogens is 292 g/mol. The summed E-state index contributed by atoms with van der Waals surface area (Å²) in [6.45, 7) is 3.80. The molecule has 1 heterocycles. The largest absolute Gasteiger partial charge is 0.468 e. The molecule has 0 fully saturated rings. The molecule has 116 valence electrons. The monoisotopic (exact) mass is 312 g/mol. The van der Waals surface area contributed by atoms with E-state index in [2.05, 4.69) is 10.1 Å². The quantitative estimate of drug-likeness (QED) is 0.770. The Labute approximate surface area is 128 Å². The summed E-state index contributed by atoms with van der Waals surface area (Å²) in [6, 6.07) is 1.61. The zero-order valence-corrected chi connectivity index (χ0v) is 13.2. The van der Waals surface area contributed by atoms with Gasteiger partial charge in [0.05, 0.1) is 7.11 Å². The molecule has 1 N–H and O–H groups in total. The summed E-state index contributed by atoms with van der Waals surface area (Å²) in [6.07, 6.45) is 0.144. The molecule has 0 aliphatic heterocycles. The second-order valence-electron chi connectivity index (χ2n) is 4.71. The Morgan fingerprint density at radius 3 is 2.62 bits per heavy atom. The van der Waals surface area contributed by atoms with Crippen LogP contribution >= 0.6 is 11.3 Å². The molecule has 0 bridgehead atoms. The molecule has 0 aliphatic carbocycles. The molecular formula is C14H20N2O4S. The van der Waals surface area contributed by atoms with E-state index in [9.17, 15) is 14.4 Å². The number of carbonyl (C=O) groups is 3. The number of hydrogen-bond donors (Lipinski definition) is 1. The van der Waals surface area contributed by atoms with Crippen LogP contribution in [0.3, 0.4) is 0 Å². The molecule has 1 rings (SSSR count). The van der Waals surface area contributed by atoms with Crippen molar-refractivity contribution < 1.29 is 19.1 Å². The van der Waals surface area contributed by atoms with Gasteiger partial charge in [-0.15, -0.1) is 0 Å². The second-order valence-corrected chi connectivity index (χ2v) is 5.49. The van der Waals surface area contributed by atoms with Gasteiger partial charge in [-0.2, -0.15) is 11.3 Å². The van der Waals surface area contributed by atoms with Crippen LogP contribution in [0.25, 0.3) is 0 Å². The third-order valence-electron chi connectivity index (χ3n) is 2.88. The van der Waals surface area contributed by atoms with E-state index in [1.165, 1.54) is 23.3 Å². The number of ether oxygens (including phenoxy) is 1. The average molecular weight is 312 g/mol. The number of esters is 1. The summed E-state index contributed by atoms with van der Waals surface area (Å²) in [4.78, 5) is 36.5. The van der Waals surface area contributed by atoms with Crippen molar-refractivity contribution in [1.29, 1.82) is 0 Å². The molecule has 0 spiro atoms. The highest BCUT2D eigenvalue weighted by Crippen LogP contribution is 2.06. The van der Waals surface area contributed by atoms with Crippen LogP contribution < -0.4 is 5.32 Å². The number of nitrogens with zero attached hydrogens (tertiary/aromatic N) is 1. The van der Waals surface area contributed by atoms with Crippen molar-refractivity contribution in [2.24, 2.45) is 0 Å². The number of methoxy groups -OCH3 is 1. The van der Waals surface area contributed by atoms with Crippen molar-refractivity contribution in [3.8, 4) is 0 Å². The lowest BCUT2D eigenvalue weighted by Gasteiger charge is -2.25. The van der Waals surface area contributed by atoms with E-state index in [1.54, 1.807) is 11.4 Å². The topological polar surface area (TPSA) is 75.7 Å². The molecule has 0 unspecified atom stereocenters. The summed E-state index contributed by atoms with van der Waals surface area (Å²) < 4.78 is 4.57. The first-order chi connectivity index (χ1) is 9.95. The molecule has 6 nitrogen and oxygen atoms in total. The van der Waals surface area contributed by atoms with Gasteiger partial charge in [-0.1, -0.05) is 0 Å². The van der Waals surface area contributed by atoms with Crippen LogP contribution in [0.1, 0.15) is 30.6 Å². The maximum Gasteiger partial charge on any atom is 0.325 e. The normalized spacial score (nSPS) is 10.3. The van der Waals surface area contributed by atoms with Gasteiger partial charge < -0.3 is 15.0 Å². The van der Waals surface area contributed by atoms with Crippen LogP contribution in [0.5, 0.6) is 0 Å². The first-order valence-corrected chi connectivity index (χ1v) is 7.56. The number of rotatable bonds is 7. The summed E-state index contributed by atoms with van der Waals surface area (Å²) in [5, 5.41) is 6.24. The van der Waals surface area contributed by atoms with E-state index >= 15 is 0 Å². The fourth-order valence-electron chi connectivity index (χ4n) is 1.68. The Hall–Kier alpha value is -1.89. The van der Waals surface area contributed by atoms with E-state index in [0.29, 0.717) is 5.56 Å². The highest BCUT2D eigenvalue weighted by Gasteiger charge is 2.20. The lowest BCUT2D eigenvalue weighted by molar-refractivity contribution is -0.148. The number of hydrogen-bond acceptors (Lipinski definition) is 5. The molecule has 0 aromatic carbocycles. The van der Waals surface area contributed by atoms with Crippen molar-refractivity contribution in [3.05, 3.63) is 22.4 Å². The van der Waals surface area contributed by atoms with Gasteiger partial charge in [0, 0.05) is 30.0 Å². The Bertz CT molecular complexity index is 485. The predicted molar refractivity (Wildman–Crippen MR) is 80.1 cm³/mol. The van der Waals surface area contributed by atoms with Crippen LogP contribution in [0, 0.1) is 0 Å². The summed E-state index contributed by atoms with van der Waals surface area (Å²) in [5.74, 6) is -0.853. The average Bonchev–Trinajstić information content (AvgIpc) is 2.97. The van der Waals surface area contributed by atoms with Crippen LogP contribution in [-0.2, 0) is 14.3 Å². The van der Waals surface area contributed by atoms with Crippen LogP contribution in [0.15, 0.2) is 16.8 Å². The Morgan fingerprint density at radius 1 is 1.38 bits per heavy atom. The summed E-state index contributed by atoms with van der Waals surface area (Å²) in [5.41, 5.74) is 0.586. The highest BCUT2D eigenvalue weighted by molar-refractivity contribution is 7.08. The zero-order valence-electron chi connectivity index (χ0n) is 12.4. The van der Waals surface area contributed by atoms with E-state index < -0.39 is 5.97 Å². The van der Waals surface area contributed by atoms with Gasteiger partial charge in [0.25, 0.3) is 5.91 Å². The number of thiophene rings is 1. The standard InChI is InChI=1S/C14H20N2O4S/c1-10(2)16(8-13(18)20-3)12(17)4-6-15-14(19)11-5-7-21-9-11/h5,7,9-10H,4,6,8H2,1-3H3,(H,15,19). The van der Waals surface area contributed by atoms with E-state index in [-0.39, 0.29) is 37.4 Å². The second kappa shape index (κ2) is 8.41. The van der Waals surface area contributed by atoms with Crippen LogP contribution in [-0.4, -0.2) is 48.9 Å². The number of carbonyl (C=O) groups excluding carboxylic acids is 3. The third kappa shape index (κ3) is 5.55. The van der Waals surface area contributed by atoms with Crippen molar-refractivity contribution in [3.63, 3.8) is 0 Å². The van der Waals surface area contributed by atoms with Gasteiger partial charge in [0.2, 0.25) is 5.91 Å². The highest BCUT2D eigenvalue weighted by atomic mass is 32.1. The van der Waals surface area contributed by atoms with Crippen molar-refractivity contribution in [2.75, 3.05) is 20.2 Å². The Morgan fingerprint density at radius 2 is 2.10 bits per heavy atom. The first kappa shape index (κ1) is 17.2. The summed E-state index contributed by atoms with van der Waals surface area (Å²) >= 11 is 1.44. The molecule has 1 aromatic heterocycles. The third-order valence-corrected chi connectivity index (χ3v) is 3.56. The van der Waals surface area contributed by atoms with Gasteiger partial charge in [-0.05, 0) is 25.3 Å². The smallest absolute Gasteiger partial charge is 0.325 e. The van der Waals surface area contributed by atoms with E-state index in [4.69, 9.17) is 0 Å². The van der Waals surface area contributed by atoms with Crippen molar-refractivity contribution in [1.82, 2.24) is 10.2 Å². The van der Waals surface area contributed by atoms with E-state index in [0.717, 1.165) is 0 Å². The maximum absolute atomic E-state index is 12.1. The van der Waals surface area contributed by atoms with Gasteiger partial charge >= 0.3 is 5.97 Å². The number of nitrogens with one attached hydrogen (secondary N) is 1. The fraction of sp³-hybridized carbons (Fsp3) is 0.500. The molecule has 2 amide bonds. The fourth-order valence-corrected chi connectivity index (χ4v) is 2.32.